The van der Waals surface area contributed by atoms with Gasteiger partial charge in [-0.05, 0) is 31.0 Å². The Kier molecular flexibility index (Phi) is 3.85. The minimum Gasteiger partial charge on any atom is -0.497 e. The second-order valence-corrected chi connectivity index (χ2v) is 7.28. The highest BCUT2D eigenvalue weighted by molar-refractivity contribution is 7.22. The van der Waals surface area contributed by atoms with Gasteiger partial charge in [0, 0.05) is 32.1 Å². The molecular weight excluding hydrogens is 310 g/mol. The second kappa shape index (κ2) is 6.00. The van der Waals surface area contributed by atoms with Crippen LogP contribution in [0.25, 0.3) is 10.2 Å². The fourth-order valence-electron chi connectivity index (χ4n) is 3.19. The molecule has 4 rings (SSSR count). The molecule has 0 spiro atoms. The SMILES string of the molecule is COc1ccc2nc(N3CCN(C(=O)C4CCC4)CC3)sc2c1. The van der Waals surface area contributed by atoms with Crippen molar-refractivity contribution in [2.45, 2.75) is 19.3 Å². The number of thiazole rings is 1. The topological polar surface area (TPSA) is 45.7 Å². The molecule has 2 aromatic rings. The Labute approximate surface area is 139 Å². The van der Waals surface area contributed by atoms with Crippen molar-refractivity contribution in [2.75, 3.05) is 38.2 Å². The Morgan fingerprint density at radius 3 is 2.70 bits per heavy atom. The fraction of sp³-hybridized carbons (Fsp3) is 0.529. The van der Waals surface area contributed by atoms with Crippen LogP contribution in [0.3, 0.4) is 0 Å². The number of methoxy groups -OCH3 is 1. The molecule has 1 saturated carbocycles. The van der Waals surface area contributed by atoms with Gasteiger partial charge in [-0.1, -0.05) is 17.8 Å². The molecule has 0 unspecified atom stereocenters. The number of anilines is 1. The summed E-state index contributed by atoms with van der Waals surface area (Å²) in [5.74, 6) is 1.53. The van der Waals surface area contributed by atoms with Crippen LogP contribution in [-0.2, 0) is 4.79 Å². The highest BCUT2D eigenvalue weighted by Gasteiger charge is 2.31. The molecule has 0 N–H and O–H groups in total. The van der Waals surface area contributed by atoms with Crippen molar-refractivity contribution >= 4 is 32.6 Å². The smallest absolute Gasteiger partial charge is 0.225 e. The van der Waals surface area contributed by atoms with E-state index in [1.54, 1.807) is 18.4 Å². The fourth-order valence-corrected chi connectivity index (χ4v) is 4.23. The van der Waals surface area contributed by atoms with Crippen LogP contribution < -0.4 is 9.64 Å². The zero-order valence-electron chi connectivity index (χ0n) is 13.3. The molecule has 1 aromatic heterocycles. The van der Waals surface area contributed by atoms with E-state index in [9.17, 15) is 4.79 Å². The summed E-state index contributed by atoms with van der Waals surface area (Å²) in [6.07, 6.45) is 3.38. The maximum absolute atomic E-state index is 12.3. The maximum Gasteiger partial charge on any atom is 0.225 e. The van der Waals surface area contributed by atoms with Crippen molar-refractivity contribution in [2.24, 2.45) is 5.92 Å². The summed E-state index contributed by atoms with van der Waals surface area (Å²) in [4.78, 5) is 21.4. The molecule has 0 bridgehead atoms. The van der Waals surface area contributed by atoms with E-state index in [2.05, 4.69) is 4.90 Å². The van der Waals surface area contributed by atoms with E-state index >= 15 is 0 Å². The lowest BCUT2D eigenvalue weighted by Crippen LogP contribution is -2.51. The summed E-state index contributed by atoms with van der Waals surface area (Å²) >= 11 is 1.70. The van der Waals surface area contributed by atoms with Gasteiger partial charge < -0.3 is 14.5 Å². The zero-order chi connectivity index (χ0) is 15.8. The number of hydrogen-bond donors (Lipinski definition) is 0. The van der Waals surface area contributed by atoms with Crippen molar-refractivity contribution in [3.05, 3.63) is 18.2 Å². The van der Waals surface area contributed by atoms with Gasteiger partial charge in [0.1, 0.15) is 5.75 Å². The summed E-state index contributed by atoms with van der Waals surface area (Å²) in [7, 11) is 1.68. The molecule has 5 nitrogen and oxygen atoms in total. The lowest BCUT2D eigenvalue weighted by Gasteiger charge is -2.38. The first-order valence-corrected chi connectivity index (χ1v) is 9.04. The van der Waals surface area contributed by atoms with E-state index in [4.69, 9.17) is 9.72 Å². The lowest BCUT2D eigenvalue weighted by molar-refractivity contribution is -0.138. The number of ether oxygens (including phenoxy) is 1. The normalized spacial score (nSPS) is 19.0. The Bertz CT molecular complexity index is 718. The van der Waals surface area contributed by atoms with E-state index in [1.807, 2.05) is 23.1 Å². The Morgan fingerprint density at radius 1 is 1.26 bits per heavy atom. The van der Waals surface area contributed by atoms with Gasteiger partial charge in [-0.3, -0.25) is 4.79 Å². The molecule has 1 aliphatic carbocycles. The van der Waals surface area contributed by atoms with E-state index < -0.39 is 0 Å². The minimum atomic E-state index is 0.302. The first kappa shape index (κ1) is 14.8. The highest BCUT2D eigenvalue weighted by Crippen LogP contribution is 2.32. The largest absolute Gasteiger partial charge is 0.497 e. The van der Waals surface area contributed by atoms with Gasteiger partial charge in [0.25, 0.3) is 0 Å². The van der Waals surface area contributed by atoms with E-state index in [1.165, 1.54) is 6.42 Å². The molecule has 23 heavy (non-hydrogen) atoms. The van der Waals surface area contributed by atoms with Crippen molar-refractivity contribution < 1.29 is 9.53 Å². The van der Waals surface area contributed by atoms with Crippen LogP contribution in [0.2, 0.25) is 0 Å². The predicted octanol–water partition coefficient (Wildman–Crippen LogP) is 2.75. The number of carbonyl (C=O) groups is 1. The summed E-state index contributed by atoms with van der Waals surface area (Å²) in [5.41, 5.74) is 1.01. The molecule has 1 saturated heterocycles. The van der Waals surface area contributed by atoms with Crippen LogP contribution in [0.5, 0.6) is 5.75 Å². The van der Waals surface area contributed by atoms with Crippen LogP contribution in [-0.4, -0.2) is 49.1 Å². The van der Waals surface area contributed by atoms with Gasteiger partial charge in [-0.2, -0.15) is 0 Å². The van der Waals surface area contributed by atoms with E-state index in [0.29, 0.717) is 11.8 Å². The van der Waals surface area contributed by atoms with Gasteiger partial charge in [0.2, 0.25) is 5.91 Å². The van der Waals surface area contributed by atoms with Crippen molar-refractivity contribution in [1.29, 1.82) is 0 Å². The van der Waals surface area contributed by atoms with Gasteiger partial charge in [0.15, 0.2) is 5.13 Å². The van der Waals surface area contributed by atoms with Crippen molar-refractivity contribution in [1.82, 2.24) is 9.88 Å². The number of aromatic nitrogens is 1. The third-order valence-electron chi connectivity index (χ3n) is 4.90. The number of piperazine rings is 1. The number of benzene rings is 1. The first-order valence-electron chi connectivity index (χ1n) is 8.23. The predicted molar refractivity (Wildman–Crippen MR) is 92.3 cm³/mol. The average molecular weight is 331 g/mol. The van der Waals surface area contributed by atoms with Gasteiger partial charge in [-0.25, -0.2) is 4.98 Å². The molecule has 1 aromatic carbocycles. The number of hydrogen-bond acceptors (Lipinski definition) is 5. The molecule has 122 valence electrons. The van der Waals surface area contributed by atoms with Gasteiger partial charge in [-0.15, -0.1) is 0 Å². The quantitative estimate of drug-likeness (QED) is 0.867. The number of nitrogens with zero attached hydrogens (tertiary/aromatic N) is 3. The molecule has 0 atom stereocenters. The Hall–Kier alpha value is -1.82. The van der Waals surface area contributed by atoms with E-state index in [0.717, 1.165) is 60.1 Å². The number of carbonyl (C=O) groups excluding carboxylic acids is 1. The molecule has 0 radical (unpaired) electrons. The molecule has 2 heterocycles. The van der Waals surface area contributed by atoms with Gasteiger partial charge in [0.05, 0.1) is 17.3 Å². The van der Waals surface area contributed by atoms with Crippen LogP contribution in [0.1, 0.15) is 19.3 Å². The molecular formula is C17H21N3O2S. The van der Waals surface area contributed by atoms with Crippen LogP contribution in [0.4, 0.5) is 5.13 Å². The molecule has 6 heteroatoms. The van der Waals surface area contributed by atoms with Crippen LogP contribution in [0.15, 0.2) is 18.2 Å². The van der Waals surface area contributed by atoms with Crippen LogP contribution in [0, 0.1) is 5.92 Å². The zero-order valence-corrected chi connectivity index (χ0v) is 14.1. The number of rotatable bonds is 3. The first-order chi connectivity index (χ1) is 11.2. The molecule has 2 fully saturated rings. The van der Waals surface area contributed by atoms with Crippen LogP contribution >= 0.6 is 11.3 Å². The monoisotopic (exact) mass is 331 g/mol. The lowest BCUT2D eigenvalue weighted by atomic mass is 9.84. The molecule has 1 aliphatic heterocycles. The third kappa shape index (κ3) is 2.76. The third-order valence-corrected chi connectivity index (χ3v) is 5.98. The van der Waals surface area contributed by atoms with Gasteiger partial charge >= 0.3 is 0 Å². The second-order valence-electron chi connectivity index (χ2n) is 6.27. The maximum atomic E-state index is 12.3. The standard InChI is InChI=1S/C17H21N3O2S/c1-22-13-5-6-14-15(11-13)23-17(18-14)20-9-7-19(8-10-20)16(21)12-3-2-4-12/h5-6,11-12H,2-4,7-10H2,1H3. The summed E-state index contributed by atoms with van der Waals surface area (Å²) in [6, 6.07) is 5.98. The summed E-state index contributed by atoms with van der Waals surface area (Å²) < 4.78 is 6.42. The van der Waals surface area contributed by atoms with Crippen molar-refractivity contribution in [3.63, 3.8) is 0 Å². The minimum absolute atomic E-state index is 0.302. The number of fused-ring (bicyclic) bond motifs is 1. The highest BCUT2D eigenvalue weighted by atomic mass is 32.1. The Balaban J connectivity index is 1.44. The van der Waals surface area contributed by atoms with E-state index in [-0.39, 0.29) is 0 Å². The summed E-state index contributed by atoms with van der Waals surface area (Å²) in [6.45, 7) is 3.37. The summed E-state index contributed by atoms with van der Waals surface area (Å²) in [5, 5.41) is 1.05. The molecule has 1 amide bonds. The Morgan fingerprint density at radius 2 is 2.04 bits per heavy atom. The van der Waals surface area contributed by atoms with Crippen molar-refractivity contribution in [3.8, 4) is 5.75 Å². The average Bonchev–Trinajstić information content (AvgIpc) is 2.96. The number of amides is 1. The molecule has 2 aliphatic rings.